The third-order valence-corrected chi connectivity index (χ3v) is 2.57. The molecule has 2 rings (SSSR count). The van der Waals surface area contributed by atoms with Gasteiger partial charge in [-0.2, -0.15) is 4.39 Å². The van der Waals surface area contributed by atoms with Crippen molar-refractivity contribution in [2.75, 3.05) is 0 Å². The minimum atomic E-state index is -0.555. The second-order valence-electron chi connectivity index (χ2n) is 3.42. The molecule has 0 radical (unpaired) electrons. The molecule has 0 unspecified atom stereocenters. The van der Waals surface area contributed by atoms with Crippen LogP contribution in [-0.2, 0) is 0 Å². The summed E-state index contributed by atoms with van der Waals surface area (Å²) in [6.07, 6.45) is 4.58. The maximum atomic E-state index is 13.3. The van der Waals surface area contributed by atoms with E-state index in [4.69, 9.17) is 0 Å². The molecule has 2 aromatic rings. The summed E-state index contributed by atoms with van der Waals surface area (Å²) >= 11 is 3.21. The van der Waals surface area contributed by atoms with Crippen LogP contribution in [0.5, 0.6) is 0 Å². The van der Waals surface area contributed by atoms with E-state index in [0.29, 0.717) is 15.6 Å². The van der Waals surface area contributed by atoms with Crippen LogP contribution in [0.25, 0.3) is 12.2 Å². The highest BCUT2D eigenvalue weighted by Crippen LogP contribution is 2.16. The summed E-state index contributed by atoms with van der Waals surface area (Å²) in [7, 11) is 0. The lowest BCUT2D eigenvalue weighted by molar-refractivity contribution is 0.580. The predicted octanol–water partition coefficient (Wildman–Crippen LogP) is 4.29. The third-order valence-electron chi connectivity index (χ3n) is 2.14. The average Bonchev–Trinajstić information content (AvgIpc) is 2.30. The number of rotatable bonds is 2. The Morgan fingerprint density at radius 3 is 2.71 bits per heavy atom. The summed E-state index contributed by atoms with van der Waals surface area (Å²) in [6, 6.07) is 7.68. The second kappa shape index (κ2) is 5.19. The first-order chi connectivity index (χ1) is 8.15. The number of nitrogens with zero attached hydrogens (tertiary/aromatic N) is 1. The van der Waals surface area contributed by atoms with Gasteiger partial charge in [-0.15, -0.1) is 0 Å². The molecule has 0 saturated carbocycles. The molecule has 0 saturated heterocycles. The highest BCUT2D eigenvalue weighted by atomic mass is 79.9. The molecule has 86 valence electrons. The zero-order valence-electron chi connectivity index (χ0n) is 8.70. The van der Waals surface area contributed by atoms with Crippen LogP contribution in [0.2, 0.25) is 0 Å². The predicted molar refractivity (Wildman–Crippen MR) is 67.2 cm³/mol. The maximum Gasteiger partial charge on any atom is 0.220 e. The molecule has 0 N–H and O–H groups in total. The Morgan fingerprint density at radius 1 is 1.12 bits per heavy atom. The first-order valence-electron chi connectivity index (χ1n) is 4.90. The summed E-state index contributed by atoms with van der Waals surface area (Å²) in [5, 5.41) is 0. The lowest BCUT2D eigenvalue weighted by Crippen LogP contribution is -1.86. The topological polar surface area (TPSA) is 12.9 Å². The van der Waals surface area contributed by atoms with Crippen molar-refractivity contribution in [3.8, 4) is 0 Å². The molecule has 1 nitrogen and oxygen atoms in total. The minimum Gasteiger partial charge on any atom is -0.227 e. The largest absolute Gasteiger partial charge is 0.227 e. The second-order valence-corrected chi connectivity index (χ2v) is 4.34. The molecule has 0 aliphatic rings. The smallest absolute Gasteiger partial charge is 0.220 e. The van der Waals surface area contributed by atoms with Gasteiger partial charge in [0.15, 0.2) is 0 Å². The molecule has 1 aromatic carbocycles. The number of pyridine rings is 1. The summed E-state index contributed by atoms with van der Waals surface area (Å²) in [5.74, 6) is -0.874. The van der Waals surface area contributed by atoms with Crippen molar-refractivity contribution in [2.45, 2.75) is 0 Å². The summed E-state index contributed by atoms with van der Waals surface area (Å²) in [4.78, 5) is 3.57. The molecular formula is C13H8BrF2N. The van der Waals surface area contributed by atoms with Crippen molar-refractivity contribution < 1.29 is 8.78 Å². The van der Waals surface area contributed by atoms with Gasteiger partial charge in [0.2, 0.25) is 5.95 Å². The number of halogens is 3. The van der Waals surface area contributed by atoms with Crippen LogP contribution in [0.1, 0.15) is 11.1 Å². The lowest BCUT2D eigenvalue weighted by atomic mass is 10.1. The standard InChI is InChI=1S/C13H8BrF2N/c14-11-7-10(13(16)17-8-11)5-4-9-2-1-3-12(15)6-9/h1-8H/b5-4+. The van der Waals surface area contributed by atoms with Crippen LogP contribution < -0.4 is 0 Å². The fourth-order valence-corrected chi connectivity index (χ4v) is 1.70. The van der Waals surface area contributed by atoms with Crippen molar-refractivity contribution in [2.24, 2.45) is 0 Å². The molecule has 0 amide bonds. The van der Waals surface area contributed by atoms with Gasteiger partial charge in [0.05, 0.1) is 0 Å². The van der Waals surface area contributed by atoms with Gasteiger partial charge in [0.25, 0.3) is 0 Å². The summed E-state index contributed by atoms with van der Waals surface area (Å²) < 4.78 is 26.9. The zero-order valence-corrected chi connectivity index (χ0v) is 10.3. The molecular weight excluding hydrogens is 288 g/mol. The fourth-order valence-electron chi connectivity index (χ4n) is 1.35. The number of hydrogen-bond donors (Lipinski definition) is 0. The van der Waals surface area contributed by atoms with Gasteiger partial charge >= 0.3 is 0 Å². The first-order valence-corrected chi connectivity index (χ1v) is 5.69. The van der Waals surface area contributed by atoms with E-state index < -0.39 is 5.95 Å². The number of hydrogen-bond acceptors (Lipinski definition) is 1. The fraction of sp³-hybridized carbons (Fsp3) is 0. The van der Waals surface area contributed by atoms with Gasteiger partial charge in [-0.1, -0.05) is 18.2 Å². The van der Waals surface area contributed by atoms with Crippen LogP contribution >= 0.6 is 15.9 Å². The quantitative estimate of drug-likeness (QED) is 0.753. The van der Waals surface area contributed by atoms with Gasteiger partial charge in [0, 0.05) is 16.2 Å². The zero-order chi connectivity index (χ0) is 12.3. The van der Waals surface area contributed by atoms with Crippen molar-refractivity contribution >= 4 is 28.1 Å². The Hall–Kier alpha value is -1.55. The van der Waals surface area contributed by atoms with E-state index in [2.05, 4.69) is 20.9 Å². The van der Waals surface area contributed by atoms with Crippen LogP contribution in [0.4, 0.5) is 8.78 Å². The van der Waals surface area contributed by atoms with Crippen LogP contribution in [0, 0.1) is 11.8 Å². The number of benzene rings is 1. The van der Waals surface area contributed by atoms with Gasteiger partial charge in [-0.3, -0.25) is 0 Å². The molecule has 0 atom stereocenters. The Kier molecular flexibility index (Phi) is 3.64. The van der Waals surface area contributed by atoms with Crippen LogP contribution in [-0.4, -0.2) is 4.98 Å². The summed E-state index contributed by atoms with van der Waals surface area (Å²) in [6.45, 7) is 0. The summed E-state index contributed by atoms with van der Waals surface area (Å²) in [5.41, 5.74) is 1.02. The normalized spacial score (nSPS) is 11.0. The molecule has 4 heteroatoms. The molecule has 0 aliphatic carbocycles. The minimum absolute atomic E-state index is 0.319. The van der Waals surface area contributed by atoms with Crippen molar-refractivity contribution in [1.82, 2.24) is 4.98 Å². The monoisotopic (exact) mass is 295 g/mol. The molecule has 1 heterocycles. The van der Waals surface area contributed by atoms with Gasteiger partial charge in [0.1, 0.15) is 5.82 Å². The van der Waals surface area contributed by atoms with E-state index >= 15 is 0 Å². The van der Waals surface area contributed by atoms with Gasteiger partial charge in [-0.25, -0.2) is 9.37 Å². The highest BCUT2D eigenvalue weighted by Gasteiger charge is 2.00. The first kappa shape index (κ1) is 11.9. The van der Waals surface area contributed by atoms with E-state index in [9.17, 15) is 8.78 Å². The van der Waals surface area contributed by atoms with E-state index in [0.717, 1.165) is 0 Å². The van der Waals surface area contributed by atoms with Crippen molar-refractivity contribution in [3.63, 3.8) is 0 Å². The Bertz CT molecular complexity index is 567. The average molecular weight is 296 g/mol. The van der Waals surface area contributed by atoms with E-state index in [1.54, 1.807) is 30.4 Å². The third kappa shape index (κ3) is 3.20. The van der Waals surface area contributed by atoms with Gasteiger partial charge in [-0.05, 0) is 45.8 Å². The van der Waals surface area contributed by atoms with Gasteiger partial charge < -0.3 is 0 Å². The molecule has 0 spiro atoms. The molecule has 0 fully saturated rings. The Morgan fingerprint density at radius 2 is 1.94 bits per heavy atom. The molecule has 17 heavy (non-hydrogen) atoms. The molecule has 0 aliphatic heterocycles. The van der Waals surface area contributed by atoms with Crippen molar-refractivity contribution in [1.29, 1.82) is 0 Å². The van der Waals surface area contributed by atoms with E-state index in [1.807, 2.05) is 0 Å². The maximum absolute atomic E-state index is 13.3. The SMILES string of the molecule is Fc1cccc(/C=C/c2cc(Br)cnc2F)c1. The number of aromatic nitrogens is 1. The molecule has 0 bridgehead atoms. The Labute approximate surface area is 106 Å². The lowest BCUT2D eigenvalue weighted by Gasteiger charge is -1.97. The molecule has 1 aromatic heterocycles. The van der Waals surface area contributed by atoms with Crippen molar-refractivity contribution in [3.05, 3.63) is 63.9 Å². The van der Waals surface area contributed by atoms with Crippen LogP contribution in [0.15, 0.2) is 41.0 Å². The van der Waals surface area contributed by atoms with E-state index in [1.165, 1.54) is 18.3 Å². The van der Waals surface area contributed by atoms with Crippen LogP contribution in [0.3, 0.4) is 0 Å². The van der Waals surface area contributed by atoms with E-state index in [-0.39, 0.29) is 5.82 Å². The highest BCUT2D eigenvalue weighted by molar-refractivity contribution is 9.10. The Balaban J connectivity index is 2.29.